The van der Waals surface area contributed by atoms with Crippen molar-refractivity contribution in [3.63, 3.8) is 0 Å². The zero-order valence-electron chi connectivity index (χ0n) is 13.2. The Morgan fingerprint density at radius 3 is 2.35 bits per heavy atom. The van der Waals surface area contributed by atoms with Gasteiger partial charge in [0.1, 0.15) is 6.04 Å². The Morgan fingerprint density at radius 2 is 1.78 bits per heavy atom. The number of nitrogens with zero attached hydrogens (tertiary/aromatic N) is 1. The summed E-state index contributed by atoms with van der Waals surface area (Å²) in [6.45, 7) is 4.54. The van der Waals surface area contributed by atoms with Crippen LogP contribution in [-0.4, -0.2) is 29.4 Å². The molecule has 0 spiro atoms. The van der Waals surface area contributed by atoms with E-state index in [4.69, 9.17) is 0 Å². The van der Waals surface area contributed by atoms with Gasteiger partial charge in [-0.1, -0.05) is 12.1 Å². The second-order valence-corrected chi connectivity index (χ2v) is 5.82. The molecule has 2 amide bonds. The average Bonchev–Trinajstić information content (AvgIpc) is 2.91. The molecule has 5 nitrogen and oxygen atoms in total. The van der Waals surface area contributed by atoms with Gasteiger partial charge in [-0.05, 0) is 55.7 Å². The van der Waals surface area contributed by atoms with Crippen molar-refractivity contribution < 1.29 is 9.59 Å². The monoisotopic (exact) mass is 309 g/mol. The highest BCUT2D eigenvalue weighted by atomic mass is 16.2. The maximum Gasteiger partial charge on any atom is 0.251 e. The third-order valence-electron chi connectivity index (χ3n) is 3.92. The molecule has 1 aliphatic rings. The number of pyridine rings is 1. The van der Waals surface area contributed by atoms with Crippen molar-refractivity contribution in [2.75, 3.05) is 6.54 Å². The predicted molar refractivity (Wildman–Crippen MR) is 88.0 cm³/mol. The first-order valence-electron chi connectivity index (χ1n) is 7.67. The molecule has 1 fully saturated rings. The van der Waals surface area contributed by atoms with Gasteiger partial charge < -0.3 is 10.6 Å². The minimum absolute atomic E-state index is 0.113. The maximum atomic E-state index is 12.2. The summed E-state index contributed by atoms with van der Waals surface area (Å²) in [5.41, 5.74) is 4.60. The highest BCUT2D eigenvalue weighted by Crippen LogP contribution is 2.21. The molecule has 2 heterocycles. The van der Waals surface area contributed by atoms with E-state index < -0.39 is 6.04 Å². The van der Waals surface area contributed by atoms with Crippen molar-refractivity contribution in [3.05, 3.63) is 53.3 Å². The molecule has 2 aromatic rings. The molecule has 0 unspecified atom stereocenters. The largest absolute Gasteiger partial charge is 0.354 e. The Kier molecular flexibility index (Phi) is 4.10. The fraction of sp³-hybridized carbons (Fsp3) is 0.278. The van der Waals surface area contributed by atoms with Gasteiger partial charge in [0.25, 0.3) is 5.91 Å². The Balaban J connectivity index is 1.76. The van der Waals surface area contributed by atoms with Gasteiger partial charge in [0.2, 0.25) is 5.91 Å². The fourth-order valence-corrected chi connectivity index (χ4v) is 2.79. The molecule has 1 aliphatic heterocycles. The van der Waals surface area contributed by atoms with Crippen LogP contribution in [0.4, 0.5) is 0 Å². The lowest BCUT2D eigenvalue weighted by Gasteiger charge is -2.10. The number of nitrogens with one attached hydrogen (secondary N) is 2. The molecule has 0 saturated carbocycles. The van der Waals surface area contributed by atoms with Crippen LogP contribution in [0.5, 0.6) is 0 Å². The minimum Gasteiger partial charge on any atom is -0.354 e. The SMILES string of the molecule is Cc1cc(-c2ccc(C(=O)N[C@H]3CCNC3=O)cc2)cc(C)n1. The predicted octanol–water partition coefficient (Wildman–Crippen LogP) is 1.98. The van der Waals surface area contributed by atoms with Gasteiger partial charge >= 0.3 is 0 Å². The number of aromatic nitrogens is 1. The van der Waals surface area contributed by atoms with E-state index >= 15 is 0 Å². The molecule has 2 N–H and O–H groups in total. The van der Waals surface area contributed by atoms with E-state index in [1.807, 2.05) is 38.1 Å². The van der Waals surface area contributed by atoms with Crippen LogP contribution in [0.1, 0.15) is 28.2 Å². The number of carbonyl (C=O) groups excluding carboxylic acids is 2. The Bertz CT molecular complexity index is 733. The van der Waals surface area contributed by atoms with E-state index in [9.17, 15) is 9.59 Å². The van der Waals surface area contributed by atoms with Gasteiger partial charge in [-0.15, -0.1) is 0 Å². The summed E-state index contributed by atoms with van der Waals surface area (Å²) in [6, 6.07) is 11.0. The summed E-state index contributed by atoms with van der Waals surface area (Å²) in [5, 5.41) is 5.47. The van der Waals surface area contributed by atoms with Crippen molar-refractivity contribution in [3.8, 4) is 11.1 Å². The molecular weight excluding hydrogens is 290 g/mol. The van der Waals surface area contributed by atoms with E-state index in [-0.39, 0.29) is 11.8 Å². The van der Waals surface area contributed by atoms with E-state index in [2.05, 4.69) is 15.6 Å². The molecule has 1 atom stereocenters. The van der Waals surface area contributed by atoms with Gasteiger partial charge in [0, 0.05) is 23.5 Å². The van der Waals surface area contributed by atoms with Gasteiger partial charge in [-0.3, -0.25) is 14.6 Å². The third kappa shape index (κ3) is 3.39. The van der Waals surface area contributed by atoms with Gasteiger partial charge in [-0.25, -0.2) is 0 Å². The van der Waals surface area contributed by atoms with Crippen molar-refractivity contribution in [2.24, 2.45) is 0 Å². The first kappa shape index (κ1) is 15.2. The molecule has 3 rings (SSSR count). The quantitative estimate of drug-likeness (QED) is 0.911. The maximum absolute atomic E-state index is 12.2. The molecule has 0 radical (unpaired) electrons. The van der Waals surface area contributed by atoms with Crippen molar-refractivity contribution in [2.45, 2.75) is 26.3 Å². The van der Waals surface area contributed by atoms with Crippen LogP contribution in [0.25, 0.3) is 11.1 Å². The number of amides is 2. The summed E-state index contributed by atoms with van der Waals surface area (Å²) in [5.74, 6) is -0.335. The first-order valence-corrected chi connectivity index (χ1v) is 7.67. The summed E-state index contributed by atoms with van der Waals surface area (Å²) in [4.78, 5) is 28.1. The molecule has 0 aliphatic carbocycles. The Hall–Kier alpha value is -2.69. The second-order valence-electron chi connectivity index (χ2n) is 5.82. The molecule has 0 bridgehead atoms. The highest BCUT2D eigenvalue weighted by Gasteiger charge is 2.25. The lowest BCUT2D eigenvalue weighted by molar-refractivity contribution is -0.120. The van der Waals surface area contributed by atoms with Gasteiger partial charge in [-0.2, -0.15) is 0 Å². The number of hydrogen-bond donors (Lipinski definition) is 2. The summed E-state index contributed by atoms with van der Waals surface area (Å²) < 4.78 is 0. The zero-order chi connectivity index (χ0) is 16.4. The number of rotatable bonds is 3. The molecule has 23 heavy (non-hydrogen) atoms. The van der Waals surface area contributed by atoms with Crippen LogP contribution in [0.2, 0.25) is 0 Å². The van der Waals surface area contributed by atoms with Gasteiger partial charge in [0.15, 0.2) is 0 Å². The van der Waals surface area contributed by atoms with Crippen molar-refractivity contribution in [1.29, 1.82) is 0 Å². The number of aryl methyl sites for hydroxylation is 2. The molecule has 1 aromatic heterocycles. The van der Waals surface area contributed by atoms with E-state index in [0.29, 0.717) is 18.5 Å². The fourth-order valence-electron chi connectivity index (χ4n) is 2.79. The molecular formula is C18H19N3O2. The third-order valence-corrected chi connectivity index (χ3v) is 3.92. The smallest absolute Gasteiger partial charge is 0.251 e. The Morgan fingerprint density at radius 1 is 1.13 bits per heavy atom. The van der Waals surface area contributed by atoms with E-state index in [1.54, 1.807) is 12.1 Å². The second kappa shape index (κ2) is 6.20. The molecule has 118 valence electrons. The summed E-state index contributed by atoms with van der Waals surface area (Å²) in [7, 11) is 0. The normalized spacial score (nSPS) is 17.0. The topological polar surface area (TPSA) is 71.1 Å². The molecule has 1 saturated heterocycles. The number of hydrogen-bond acceptors (Lipinski definition) is 3. The van der Waals surface area contributed by atoms with Crippen LogP contribution in [0.3, 0.4) is 0 Å². The van der Waals surface area contributed by atoms with E-state index in [1.165, 1.54) is 0 Å². The van der Waals surface area contributed by atoms with E-state index in [0.717, 1.165) is 22.5 Å². The highest BCUT2D eigenvalue weighted by molar-refractivity contribution is 5.98. The standard InChI is InChI=1S/C18H19N3O2/c1-11-9-15(10-12(2)20-11)13-3-5-14(6-4-13)17(22)21-16-7-8-19-18(16)23/h3-6,9-10,16H,7-8H2,1-2H3,(H,19,23)(H,21,22)/t16-/m0/s1. The van der Waals surface area contributed by atoms with Crippen LogP contribution >= 0.6 is 0 Å². The number of carbonyl (C=O) groups is 2. The van der Waals surface area contributed by atoms with Crippen LogP contribution in [0.15, 0.2) is 36.4 Å². The molecule has 1 aromatic carbocycles. The van der Waals surface area contributed by atoms with Crippen molar-refractivity contribution in [1.82, 2.24) is 15.6 Å². The summed E-state index contributed by atoms with van der Waals surface area (Å²) >= 11 is 0. The molecule has 5 heteroatoms. The zero-order valence-corrected chi connectivity index (χ0v) is 13.2. The summed E-state index contributed by atoms with van der Waals surface area (Å²) in [6.07, 6.45) is 0.637. The van der Waals surface area contributed by atoms with Crippen LogP contribution in [0, 0.1) is 13.8 Å². The Labute approximate surface area is 135 Å². The average molecular weight is 309 g/mol. The minimum atomic E-state index is -0.423. The lowest BCUT2D eigenvalue weighted by Crippen LogP contribution is -2.40. The van der Waals surface area contributed by atoms with Crippen molar-refractivity contribution >= 4 is 11.8 Å². The lowest BCUT2D eigenvalue weighted by atomic mass is 10.0. The van der Waals surface area contributed by atoms with Gasteiger partial charge in [0.05, 0.1) is 0 Å². The first-order chi connectivity index (χ1) is 11.0. The van der Waals surface area contributed by atoms with Crippen LogP contribution < -0.4 is 10.6 Å². The van der Waals surface area contributed by atoms with Crippen LogP contribution in [-0.2, 0) is 4.79 Å². The number of benzene rings is 1.